The van der Waals surface area contributed by atoms with Gasteiger partial charge in [-0.2, -0.15) is 5.10 Å². The summed E-state index contributed by atoms with van der Waals surface area (Å²) < 4.78 is 0. The SMILES string of the molecule is NCC(=O)c1ccc2n[nH]c(Cl)c2c1. The van der Waals surface area contributed by atoms with Crippen LogP contribution in [-0.2, 0) is 0 Å². The molecule has 0 atom stereocenters. The van der Waals surface area contributed by atoms with Crippen LogP contribution in [0.1, 0.15) is 10.4 Å². The molecule has 1 heterocycles. The van der Waals surface area contributed by atoms with Crippen LogP contribution in [0, 0.1) is 0 Å². The number of nitrogens with one attached hydrogen (secondary N) is 1. The summed E-state index contributed by atoms with van der Waals surface area (Å²) in [5.74, 6) is -0.107. The van der Waals surface area contributed by atoms with Gasteiger partial charge in [-0.15, -0.1) is 0 Å². The van der Waals surface area contributed by atoms with Crippen molar-refractivity contribution in [1.82, 2.24) is 10.2 Å². The molecule has 0 unspecified atom stereocenters. The summed E-state index contributed by atoms with van der Waals surface area (Å²) >= 11 is 5.83. The second-order valence-corrected chi connectivity index (χ2v) is 3.27. The summed E-state index contributed by atoms with van der Waals surface area (Å²) in [5, 5.41) is 7.76. The number of H-pyrrole nitrogens is 1. The van der Waals surface area contributed by atoms with Crippen molar-refractivity contribution in [3.63, 3.8) is 0 Å². The van der Waals surface area contributed by atoms with Gasteiger partial charge in [-0.25, -0.2) is 0 Å². The van der Waals surface area contributed by atoms with E-state index in [-0.39, 0.29) is 12.3 Å². The number of benzene rings is 1. The lowest BCUT2D eigenvalue weighted by Crippen LogP contribution is -2.13. The third-order valence-corrected chi connectivity index (χ3v) is 2.30. The van der Waals surface area contributed by atoms with Crippen molar-refractivity contribution in [1.29, 1.82) is 0 Å². The minimum atomic E-state index is -0.107. The Kier molecular flexibility index (Phi) is 2.23. The number of carbonyl (C=O) groups is 1. The quantitative estimate of drug-likeness (QED) is 0.734. The van der Waals surface area contributed by atoms with E-state index in [0.29, 0.717) is 10.7 Å². The van der Waals surface area contributed by atoms with E-state index in [0.717, 1.165) is 10.9 Å². The number of hydrogen-bond donors (Lipinski definition) is 2. The molecule has 14 heavy (non-hydrogen) atoms. The number of halogens is 1. The number of nitrogens with zero attached hydrogens (tertiary/aromatic N) is 1. The van der Waals surface area contributed by atoms with Crippen molar-refractivity contribution in [2.75, 3.05) is 6.54 Å². The molecule has 0 aliphatic heterocycles. The van der Waals surface area contributed by atoms with Crippen molar-refractivity contribution in [3.8, 4) is 0 Å². The highest BCUT2D eigenvalue weighted by atomic mass is 35.5. The maximum absolute atomic E-state index is 11.3. The zero-order valence-corrected chi connectivity index (χ0v) is 8.01. The molecule has 0 saturated heterocycles. The van der Waals surface area contributed by atoms with Gasteiger partial charge in [0.1, 0.15) is 5.15 Å². The van der Waals surface area contributed by atoms with E-state index in [1.54, 1.807) is 18.2 Å². The standard InChI is InChI=1S/C9H8ClN3O/c10-9-6-3-5(8(14)4-11)1-2-7(6)12-13-9/h1-3H,4,11H2,(H,12,13). The number of aromatic amines is 1. The van der Waals surface area contributed by atoms with E-state index in [9.17, 15) is 4.79 Å². The van der Waals surface area contributed by atoms with E-state index >= 15 is 0 Å². The lowest BCUT2D eigenvalue weighted by Gasteiger charge is -1.96. The summed E-state index contributed by atoms with van der Waals surface area (Å²) in [6.45, 7) is 0.000969. The molecule has 0 fully saturated rings. The van der Waals surface area contributed by atoms with Gasteiger partial charge >= 0.3 is 0 Å². The minimum Gasteiger partial charge on any atom is -0.324 e. The van der Waals surface area contributed by atoms with Gasteiger partial charge in [-0.1, -0.05) is 11.6 Å². The molecule has 0 saturated carbocycles. The van der Waals surface area contributed by atoms with Gasteiger partial charge in [0.05, 0.1) is 12.1 Å². The Labute approximate surface area is 85.0 Å². The van der Waals surface area contributed by atoms with Crippen LogP contribution in [0.15, 0.2) is 18.2 Å². The fraction of sp³-hybridized carbons (Fsp3) is 0.111. The number of ketones is 1. The van der Waals surface area contributed by atoms with E-state index in [4.69, 9.17) is 17.3 Å². The van der Waals surface area contributed by atoms with Gasteiger partial charge in [-0.05, 0) is 18.2 Å². The zero-order chi connectivity index (χ0) is 10.1. The molecule has 0 amide bonds. The molecule has 3 N–H and O–H groups in total. The van der Waals surface area contributed by atoms with Gasteiger partial charge in [0.15, 0.2) is 5.78 Å². The first kappa shape index (κ1) is 9.18. The average Bonchev–Trinajstić information content (AvgIpc) is 2.59. The first-order valence-corrected chi connectivity index (χ1v) is 4.47. The van der Waals surface area contributed by atoms with Gasteiger partial charge in [0.2, 0.25) is 0 Å². The molecule has 4 nitrogen and oxygen atoms in total. The van der Waals surface area contributed by atoms with Crippen molar-refractivity contribution in [2.45, 2.75) is 0 Å². The first-order chi connectivity index (χ1) is 6.72. The molecule has 72 valence electrons. The zero-order valence-electron chi connectivity index (χ0n) is 7.25. The maximum Gasteiger partial charge on any atom is 0.176 e. The van der Waals surface area contributed by atoms with Crippen LogP contribution in [-0.4, -0.2) is 22.5 Å². The van der Waals surface area contributed by atoms with Crippen LogP contribution >= 0.6 is 11.6 Å². The molecule has 1 aromatic carbocycles. The summed E-state index contributed by atoms with van der Waals surface area (Å²) in [5.41, 5.74) is 6.55. The number of aromatic nitrogens is 2. The first-order valence-electron chi connectivity index (χ1n) is 4.09. The second-order valence-electron chi connectivity index (χ2n) is 2.90. The number of nitrogens with two attached hydrogens (primary N) is 1. The molecule has 0 bridgehead atoms. The van der Waals surface area contributed by atoms with Gasteiger partial charge < -0.3 is 5.73 Å². The summed E-state index contributed by atoms with van der Waals surface area (Å²) in [6, 6.07) is 5.12. The normalized spacial score (nSPS) is 10.7. The van der Waals surface area contributed by atoms with Crippen molar-refractivity contribution < 1.29 is 4.79 Å². The molecule has 2 aromatic rings. The van der Waals surface area contributed by atoms with Crippen molar-refractivity contribution >= 4 is 28.3 Å². The van der Waals surface area contributed by atoms with Gasteiger partial charge in [0, 0.05) is 10.9 Å². The third kappa shape index (κ3) is 1.38. The minimum absolute atomic E-state index is 0.000969. The highest BCUT2D eigenvalue weighted by Gasteiger charge is 2.07. The van der Waals surface area contributed by atoms with E-state index < -0.39 is 0 Å². The fourth-order valence-corrected chi connectivity index (χ4v) is 1.46. The number of rotatable bonds is 2. The Morgan fingerprint density at radius 2 is 2.36 bits per heavy atom. The van der Waals surface area contributed by atoms with Crippen LogP contribution in [0.25, 0.3) is 10.9 Å². The van der Waals surface area contributed by atoms with Crippen LogP contribution in [0.5, 0.6) is 0 Å². The predicted octanol–water partition coefficient (Wildman–Crippen LogP) is 1.36. The smallest absolute Gasteiger partial charge is 0.176 e. The third-order valence-electron chi connectivity index (χ3n) is 2.01. The Hall–Kier alpha value is -1.39. The maximum atomic E-state index is 11.3. The van der Waals surface area contributed by atoms with Gasteiger partial charge in [0.25, 0.3) is 0 Å². The molecule has 5 heteroatoms. The largest absolute Gasteiger partial charge is 0.324 e. The second kappa shape index (κ2) is 3.40. The van der Waals surface area contributed by atoms with Crippen LogP contribution in [0.4, 0.5) is 0 Å². The predicted molar refractivity (Wildman–Crippen MR) is 54.5 cm³/mol. The number of hydrogen-bond acceptors (Lipinski definition) is 3. The van der Waals surface area contributed by atoms with Crippen LogP contribution < -0.4 is 5.73 Å². The molecular formula is C9H8ClN3O. The summed E-state index contributed by atoms with van der Waals surface area (Å²) in [7, 11) is 0. The highest BCUT2D eigenvalue weighted by Crippen LogP contribution is 2.21. The molecule has 0 spiro atoms. The van der Waals surface area contributed by atoms with Crippen molar-refractivity contribution in [2.24, 2.45) is 5.73 Å². The molecule has 0 aliphatic rings. The Morgan fingerprint density at radius 3 is 3.07 bits per heavy atom. The molecule has 1 aromatic heterocycles. The topological polar surface area (TPSA) is 71.8 Å². The van der Waals surface area contributed by atoms with Crippen LogP contribution in [0.2, 0.25) is 5.15 Å². The van der Waals surface area contributed by atoms with Gasteiger partial charge in [-0.3, -0.25) is 9.89 Å². The average molecular weight is 210 g/mol. The van der Waals surface area contributed by atoms with E-state index in [1.807, 2.05) is 0 Å². The number of fused-ring (bicyclic) bond motifs is 1. The summed E-state index contributed by atoms with van der Waals surface area (Å²) in [6.07, 6.45) is 0. The number of Topliss-reactive ketones (excluding diaryl/α,β-unsaturated/α-hetero) is 1. The van der Waals surface area contributed by atoms with Crippen molar-refractivity contribution in [3.05, 3.63) is 28.9 Å². The highest BCUT2D eigenvalue weighted by molar-refractivity contribution is 6.34. The molecule has 0 radical (unpaired) electrons. The lowest BCUT2D eigenvalue weighted by molar-refractivity contribution is 0.100. The Morgan fingerprint density at radius 1 is 1.57 bits per heavy atom. The molecule has 2 rings (SSSR count). The Balaban J connectivity index is 2.60. The van der Waals surface area contributed by atoms with E-state index in [2.05, 4.69) is 10.2 Å². The number of carbonyl (C=O) groups excluding carboxylic acids is 1. The van der Waals surface area contributed by atoms with Crippen LogP contribution in [0.3, 0.4) is 0 Å². The summed E-state index contributed by atoms with van der Waals surface area (Å²) in [4.78, 5) is 11.3. The molecule has 0 aliphatic carbocycles. The monoisotopic (exact) mass is 209 g/mol. The van der Waals surface area contributed by atoms with E-state index in [1.165, 1.54) is 0 Å². The molecular weight excluding hydrogens is 202 g/mol. The fourth-order valence-electron chi connectivity index (χ4n) is 1.27. The Bertz CT molecular complexity index is 492. The lowest BCUT2D eigenvalue weighted by atomic mass is 10.1.